The van der Waals surface area contributed by atoms with Gasteiger partial charge in [-0.1, -0.05) is 11.6 Å². The van der Waals surface area contributed by atoms with E-state index in [9.17, 15) is 4.79 Å². The highest BCUT2D eigenvalue weighted by Crippen LogP contribution is 2.25. The summed E-state index contributed by atoms with van der Waals surface area (Å²) in [7, 11) is 1.55. The Morgan fingerprint density at radius 1 is 1.37 bits per heavy atom. The van der Waals surface area contributed by atoms with Crippen LogP contribution in [-0.4, -0.2) is 43.1 Å². The molecule has 1 aliphatic heterocycles. The van der Waals surface area contributed by atoms with E-state index in [1.165, 1.54) is 0 Å². The Bertz CT molecular complexity index is 469. The smallest absolute Gasteiger partial charge is 0.257 e. The third-order valence-corrected chi connectivity index (χ3v) is 3.47. The average Bonchev–Trinajstić information content (AvgIpc) is 2.36. The summed E-state index contributed by atoms with van der Waals surface area (Å²) in [5.41, 5.74) is 0.563. The van der Waals surface area contributed by atoms with Crippen LogP contribution in [0.3, 0.4) is 0 Å². The quantitative estimate of drug-likeness (QED) is 0.904. The zero-order chi connectivity index (χ0) is 14.0. The van der Waals surface area contributed by atoms with E-state index in [-0.39, 0.29) is 5.91 Å². The Morgan fingerprint density at radius 3 is 2.58 bits per heavy atom. The zero-order valence-electron chi connectivity index (χ0n) is 11.4. The van der Waals surface area contributed by atoms with Crippen LogP contribution in [0.25, 0.3) is 0 Å². The monoisotopic (exact) mass is 282 g/mol. The van der Waals surface area contributed by atoms with Gasteiger partial charge in [-0.15, -0.1) is 0 Å². The van der Waals surface area contributed by atoms with Crippen LogP contribution in [0.2, 0.25) is 5.02 Å². The number of methoxy groups -OCH3 is 1. The van der Waals surface area contributed by atoms with E-state index in [1.807, 2.05) is 4.90 Å². The molecule has 2 atom stereocenters. The Kier molecular flexibility index (Phi) is 4.32. The zero-order valence-corrected chi connectivity index (χ0v) is 12.2. The van der Waals surface area contributed by atoms with Gasteiger partial charge in [0.25, 0.3) is 5.91 Å². The van der Waals surface area contributed by atoms with E-state index >= 15 is 0 Å². The van der Waals surface area contributed by atoms with Crippen LogP contribution in [0.1, 0.15) is 24.2 Å². The van der Waals surface area contributed by atoms with Gasteiger partial charge in [-0.2, -0.15) is 0 Å². The number of hydrogen-bond donors (Lipinski definition) is 1. The Balaban J connectivity index is 2.24. The summed E-state index contributed by atoms with van der Waals surface area (Å²) in [6.45, 7) is 5.56. The number of halogens is 1. The summed E-state index contributed by atoms with van der Waals surface area (Å²) in [6.07, 6.45) is 0. The van der Waals surface area contributed by atoms with Crippen LogP contribution < -0.4 is 10.1 Å². The van der Waals surface area contributed by atoms with Crippen LogP contribution in [0, 0.1) is 0 Å². The molecule has 5 heteroatoms. The first kappa shape index (κ1) is 14.2. The molecule has 1 aromatic rings. The van der Waals surface area contributed by atoms with E-state index in [1.54, 1.807) is 25.3 Å². The van der Waals surface area contributed by atoms with Crippen LogP contribution in [0.15, 0.2) is 18.2 Å². The van der Waals surface area contributed by atoms with Crippen molar-refractivity contribution in [2.45, 2.75) is 25.9 Å². The summed E-state index contributed by atoms with van der Waals surface area (Å²) in [4.78, 5) is 14.4. The van der Waals surface area contributed by atoms with Gasteiger partial charge in [-0.25, -0.2) is 0 Å². The first-order chi connectivity index (χ1) is 9.01. The molecular weight excluding hydrogens is 264 g/mol. The number of nitrogens with zero attached hydrogens (tertiary/aromatic N) is 1. The highest BCUT2D eigenvalue weighted by molar-refractivity contribution is 6.30. The van der Waals surface area contributed by atoms with E-state index in [0.29, 0.717) is 41.5 Å². The second kappa shape index (κ2) is 5.80. The van der Waals surface area contributed by atoms with Gasteiger partial charge >= 0.3 is 0 Å². The molecule has 1 N–H and O–H groups in total. The number of hydrogen-bond acceptors (Lipinski definition) is 3. The van der Waals surface area contributed by atoms with Gasteiger partial charge in [0.05, 0.1) is 12.7 Å². The number of carbonyl (C=O) groups excluding carboxylic acids is 1. The normalized spacial score (nSPS) is 23.3. The van der Waals surface area contributed by atoms with Crippen molar-refractivity contribution in [3.05, 3.63) is 28.8 Å². The fraction of sp³-hybridized carbons (Fsp3) is 0.500. The van der Waals surface area contributed by atoms with Crippen LogP contribution in [-0.2, 0) is 0 Å². The van der Waals surface area contributed by atoms with Crippen molar-refractivity contribution in [2.75, 3.05) is 20.2 Å². The van der Waals surface area contributed by atoms with Gasteiger partial charge in [-0.05, 0) is 32.0 Å². The average molecular weight is 283 g/mol. The molecule has 0 saturated carbocycles. The van der Waals surface area contributed by atoms with Gasteiger partial charge in [0, 0.05) is 30.2 Å². The Hall–Kier alpha value is -1.26. The van der Waals surface area contributed by atoms with Crippen molar-refractivity contribution in [3.8, 4) is 5.75 Å². The van der Waals surface area contributed by atoms with E-state index in [2.05, 4.69) is 19.2 Å². The lowest BCUT2D eigenvalue weighted by molar-refractivity contribution is 0.0670. The van der Waals surface area contributed by atoms with Crippen LogP contribution in [0.4, 0.5) is 0 Å². The van der Waals surface area contributed by atoms with Gasteiger partial charge in [-0.3, -0.25) is 4.79 Å². The highest BCUT2D eigenvalue weighted by Gasteiger charge is 2.27. The minimum atomic E-state index is -0.00582. The van der Waals surface area contributed by atoms with E-state index in [4.69, 9.17) is 16.3 Å². The second-order valence-electron chi connectivity index (χ2n) is 5.02. The molecular formula is C14H19ClN2O2. The predicted molar refractivity (Wildman–Crippen MR) is 76.0 cm³/mol. The molecule has 0 bridgehead atoms. The summed E-state index contributed by atoms with van der Waals surface area (Å²) in [5, 5.41) is 3.97. The molecule has 0 aromatic heterocycles. The highest BCUT2D eigenvalue weighted by atomic mass is 35.5. The maximum absolute atomic E-state index is 12.6. The molecule has 19 heavy (non-hydrogen) atoms. The first-order valence-corrected chi connectivity index (χ1v) is 6.78. The maximum Gasteiger partial charge on any atom is 0.257 e. The molecule has 0 radical (unpaired) electrons. The van der Waals surface area contributed by atoms with Crippen molar-refractivity contribution in [1.29, 1.82) is 0 Å². The third-order valence-electron chi connectivity index (χ3n) is 3.24. The van der Waals surface area contributed by atoms with Gasteiger partial charge < -0.3 is 15.0 Å². The number of piperazine rings is 1. The summed E-state index contributed by atoms with van der Waals surface area (Å²) >= 11 is 5.92. The maximum atomic E-state index is 12.6. The lowest BCUT2D eigenvalue weighted by Crippen LogP contribution is -2.55. The molecule has 1 amide bonds. The third kappa shape index (κ3) is 3.19. The number of amides is 1. The molecule has 0 spiro atoms. The summed E-state index contributed by atoms with van der Waals surface area (Å²) < 4.78 is 5.24. The van der Waals surface area contributed by atoms with Gasteiger partial charge in [0.2, 0.25) is 0 Å². The largest absolute Gasteiger partial charge is 0.496 e. The minimum absolute atomic E-state index is 0.00582. The standard InChI is InChI=1S/C14H19ClN2O2/c1-9-7-17(8-10(2)16-9)14(18)12-5-4-11(15)6-13(12)19-3/h4-6,9-10,16H,7-8H2,1-3H3. The fourth-order valence-corrected chi connectivity index (χ4v) is 2.67. The number of ether oxygens (including phenoxy) is 1. The molecule has 4 nitrogen and oxygen atoms in total. The Morgan fingerprint density at radius 2 is 2.00 bits per heavy atom. The number of nitrogens with one attached hydrogen (secondary N) is 1. The van der Waals surface area contributed by atoms with Crippen molar-refractivity contribution in [3.63, 3.8) is 0 Å². The predicted octanol–water partition coefficient (Wildman–Crippen LogP) is 2.17. The van der Waals surface area contributed by atoms with Crippen molar-refractivity contribution >= 4 is 17.5 Å². The van der Waals surface area contributed by atoms with Crippen LogP contribution in [0.5, 0.6) is 5.75 Å². The topological polar surface area (TPSA) is 41.6 Å². The second-order valence-corrected chi connectivity index (χ2v) is 5.46. The number of benzene rings is 1. The van der Waals surface area contributed by atoms with Crippen molar-refractivity contribution in [2.24, 2.45) is 0 Å². The molecule has 104 valence electrons. The molecule has 1 aromatic carbocycles. The van der Waals surface area contributed by atoms with E-state index < -0.39 is 0 Å². The molecule has 1 aliphatic rings. The van der Waals surface area contributed by atoms with Gasteiger partial charge in [0.1, 0.15) is 5.75 Å². The lowest BCUT2D eigenvalue weighted by Gasteiger charge is -2.36. The Labute approximate surface area is 118 Å². The molecule has 2 unspecified atom stereocenters. The van der Waals surface area contributed by atoms with Gasteiger partial charge in [0.15, 0.2) is 0 Å². The van der Waals surface area contributed by atoms with Crippen molar-refractivity contribution < 1.29 is 9.53 Å². The number of carbonyl (C=O) groups is 1. The first-order valence-electron chi connectivity index (χ1n) is 6.40. The minimum Gasteiger partial charge on any atom is -0.496 e. The fourth-order valence-electron chi connectivity index (χ4n) is 2.50. The summed E-state index contributed by atoms with van der Waals surface area (Å²) in [6, 6.07) is 5.70. The molecule has 1 saturated heterocycles. The number of rotatable bonds is 2. The molecule has 1 fully saturated rings. The molecule has 2 rings (SSSR count). The van der Waals surface area contributed by atoms with E-state index in [0.717, 1.165) is 0 Å². The molecule has 0 aliphatic carbocycles. The van der Waals surface area contributed by atoms with Crippen LogP contribution >= 0.6 is 11.6 Å². The summed E-state index contributed by atoms with van der Waals surface area (Å²) in [5.74, 6) is 0.519. The lowest BCUT2D eigenvalue weighted by atomic mass is 10.1. The molecule has 1 heterocycles. The van der Waals surface area contributed by atoms with Crippen molar-refractivity contribution in [1.82, 2.24) is 10.2 Å². The SMILES string of the molecule is COc1cc(Cl)ccc1C(=O)N1CC(C)NC(C)C1.